The highest BCUT2D eigenvalue weighted by molar-refractivity contribution is 5.94. The molecular weight excluding hydrogens is 244 g/mol. The van der Waals surface area contributed by atoms with Gasteiger partial charge in [0.1, 0.15) is 0 Å². The molecule has 1 amide bonds. The first-order chi connectivity index (χ1) is 9.09. The van der Waals surface area contributed by atoms with Crippen molar-refractivity contribution in [2.75, 3.05) is 7.05 Å². The van der Waals surface area contributed by atoms with E-state index in [4.69, 9.17) is 5.11 Å². The zero-order valence-electron chi connectivity index (χ0n) is 11.0. The highest BCUT2D eigenvalue weighted by atomic mass is 16.4. The summed E-state index contributed by atoms with van der Waals surface area (Å²) in [5.74, 6) is -0.997. The summed E-state index contributed by atoms with van der Waals surface area (Å²) >= 11 is 0. The Morgan fingerprint density at radius 3 is 2.32 bits per heavy atom. The number of carboxylic acid groups (broad SMARTS) is 1. The molecule has 0 aliphatic heterocycles. The molecule has 1 fully saturated rings. The molecule has 1 saturated carbocycles. The lowest BCUT2D eigenvalue weighted by Gasteiger charge is -2.33. The molecule has 1 heterocycles. The van der Waals surface area contributed by atoms with E-state index in [1.807, 2.05) is 0 Å². The van der Waals surface area contributed by atoms with Crippen LogP contribution in [0.25, 0.3) is 0 Å². The van der Waals surface area contributed by atoms with Crippen molar-refractivity contribution in [3.05, 3.63) is 30.1 Å². The van der Waals surface area contributed by atoms with Gasteiger partial charge in [0, 0.05) is 31.0 Å². The average molecular weight is 262 g/mol. The number of carbonyl (C=O) groups is 2. The van der Waals surface area contributed by atoms with Crippen molar-refractivity contribution < 1.29 is 14.7 Å². The molecule has 1 aliphatic carbocycles. The first kappa shape index (κ1) is 13.5. The fourth-order valence-electron chi connectivity index (χ4n) is 2.57. The van der Waals surface area contributed by atoms with E-state index in [0.29, 0.717) is 18.4 Å². The Bertz CT molecular complexity index is 453. The van der Waals surface area contributed by atoms with Gasteiger partial charge >= 0.3 is 5.97 Å². The Labute approximate surface area is 112 Å². The average Bonchev–Trinajstić information content (AvgIpc) is 2.46. The predicted molar refractivity (Wildman–Crippen MR) is 69.7 cm³/mol. The van der Waals surface area contributed by atoms with E-state index in [0.717, 1.165) is 12.8 Å². The molecule has 0 saturated heterocycles. The monoisotopic (exact) mass is 262 g/mol. The lowest BCUT2D eigenvalue weighted by atomic mass is 9.85. The number of nitrogens with zero attached hydrogens (tertiary/aromatic N) is 2. The summed E-state index contributed by atoms with van der Waals surface area (Å²) in [6.07, 6.45) is 6.00. The number of aromatic nitrogens is 1. The van der Waals surface area contributed by atoms with Crippen LogP contribution >= 0.6 is 0 Å². The Morgan fingerprint density at radius 2 is 1.79 bits per heavy atom. The van der Waals surface area contributed by atoms with Crippen LogP contribution in [0.15, 0.2) is 24.5 Å². The lowest BCUT2D eigenvalue weighted by molar-refractivity contribution is -0.143. The molecule has 5 heteroatoms. The Morgan fingerprint density at radius 1 is 1.21 bits per heavy atom. The van der Waals surface area contributed by atoms with Crippen molar-refractivity contribution in [2.45, 2.75) is 31.7 Å². The SMILES string of the molecule is CN(C(=O)c1ccncc1)C1CCC(C(=O)O)CC1. The fraction of sp³-hybridized carbons (Fsp3) is 0.500. The minimum atomic E-state index is -0.721. The van der Waals surface area contributed by atoms with E-state index in [1.54, 1.807) is 36.5 Å². The second-order valence-electron chi connectivity index (χ2n) is 5.00. The van der Waals surface area contributed by atoms with Crippen LogP contribution in [-0.4, -0.2) is 40.0 Å². The quantitative estimate of drug-likeness (QED) is 0.901. The number of carbonyl (C=O) groups excluding carboxylic acids is 1. The Hall–Kier alpha value is -1.91. The number of rotatable bonds is 3. The topological polar surface area (TPSA) is 70.5 Å². The third kappa shape index (κ3) is 3.10. The summed E-state index contributed by atoms with van der Waals surface area (Å²) < 4.78 is 0. The summed E-state index contributed by atoms with van der Waals surface area (Å²) in [5, 5.41) is 8.96. The summed E-state index contributed by atoms with van der Waals surface area (Å²) in [4.78, 5) is 28.8. The van der Waals surface area contributed by atoms with Crippen LogP contribution in [0.2, 0.25) is 0 Å². The summed E-state index contributed by atoms with van der Waals surface area (Å²) in [6.45, 7) is 0. The number of hydrogen-bond donors (Lipinski definition) is 1. The number of carboxylic acids is 1. The van der Waals surface area contributed by atoms with E-state index < -0.39 is 5.97 Å². The Kier molecular flexibility index (Phi) is 4.14. The molecule has 2 rings (SSSR count). The van der Waals surface area contributed by atoms with Gasteiger partial charge in [0.05, 0.1) is 5.92 Å². The molecule has 0 unspecified atom stereocenters. The molecule has 5 nitrogen and oxygen atoms in total. The van der Waals surface area contributed by atoms with Gasteiger partial charge in [-0.15, -0.1) is 0 Å². The molecule has 19 heavy (non-hydrogen) atoms. The number of amides is 1. The second-order valence-corrected chi connectivity index (χ2v) is 5.00. The van der Waals surface area contributed by atoms with Crippen molar-refractivity contribution in [2.24, 2.45) is 5.92 Å². The highest BCUT2D eigenvalue weighted by Gasteiger charge is 2.29. The molecule has 1 aliphatic rings. The molecule has 1 aromatic rings. The zero-order valence-corrected chi connectivity index (χ0v) is 11.0. The van der Waals surface area contributed by atoms with Gasteiger partial charge in [-0.2, -0.15) is 0 Å². The smallest absolute Gasteiger partial charge is 0.306 e. The third-order valence-electron chi connectivity index (χ3n) is 3.84. The maximum absolute atomic E-state index is 12.2. The first-order valence-electron chi connectivity index (χ1n) is 6.49. The maximum Gasteiger partial charge on any atom is 0.306 e. The molecule has 0 aromatic carbocycles. The van der Waals surface area contributed by atoms with E-state index in [-0.39, 0.29) is 17.9 Å². The number of pyridine rings is 1. The van der Waals surface area contributed by atoms with E-state index in [9.17, 15) is 9.59 Å². The van der Waals surface area contributed by atoms with Crippen molar-refractivity contribution in [3.63, 3.8) is 0 Å². The minimum Gasteiger partial charge on any atom is -0.481 e. The molecule has 102 valence electrons. The molecule has 0 atom stereocenters. The molecule has 0 bridgehead atoms. The van der Waals surface area contributed by atoms with E-state index in [1.165, 1.54) is 0 Å². The first-order valence-corrected chi connectivity index (χ1v) is 6.49. The van der Waals surface area contributed by atoms with Crippen LogP contribution in [0.1, 0.15) is 36.0 Å². The largest absolute Gasteiger partial charge is 0.481 e. The Balaban J connectivity index is 1.96. The van der Waals surface area contributed by atoms with Crippen molar-refractivity contribution in [1.82, 2.24) is 9.88 Å². The van der Waals surface area contributed by atoms with Crippen LogP contribution in [0.3, 0.4) is 0 Å². The zero-order chi connectivity index (χ0) is 13.8. The van der Waals surface area contributed by atoms with Gasteiger partial charge in [-0.3, -0.25) is 14.6 Å². The molecule has 1 aromatic heterocycles. The minimum absolute atomic E-state index is 0.0267. The second kappa shape index (κ2) is 5.82. The van der Waals surface area contributed by atoms with Gasteiger partial charge in [0.25, 0.3) is 5.91 Å². The normalized spacial score (nSPS) is 22.8. The summed E-state index contributed by atoms with van der Waals surface area (Å²) in [7, 11) is 1.79. The molecule has 1 N–H and O–H groups in total. The van der Waals surface area contributed by atoms with Crippen molar-refractivity contribution in [3.8, 4) is 0 Å². The van der Waals surface area contributed by atoms with Gasteiger partial charge < -0.3 is 10.0 Å². The van der Waals surface area contributed by atoms with Gasteiger partial charge in [-0.05, 0) is 37.8 Å². The predicted octanol–water partition coefficient (Wildman–Crippen LogP) is 1.80. The highest BCUT2D eigenvalue weighted by Crippen LogP contribution is 2.27. The van der Waals surface area contributed by atoms with Gasteiger partial charge in [0.2, 0.25) is 0 Å². The van der Waals surface area contributed by atoms with Gasteiger partial charge in [-0.25, -0.2) is 0 Å². The van der Waals surface area contributed by atoms with Crippen LogP contribution < -0.4 is 0 Å². The molecule has 0 spiro atoms. The van der Waals surface area contributed by atoms with Crippen LogP contribution in [0.4, 0.5) is 0 Å². The van der Waals surface area contributed by atoms with E-state index in [2.05, 4.69) is 4.98 Å². The van der Waals surface area contributed by atoms with Gasteiger partial charge in [0.15, 0.2) is 0 Å². The maximum atomic E-state index is 12.2. The molecule has 0 radical (unpaired) electrons. The standard InChI is InChI=1S/C14H18N2O3/c1-16(13(17)10-6-8-15-9-7-10)12-4-2-11(3-5-12)14(18)19/h6-9,11-12H,2-5H2,1H3,(H,18,19). The van der Waals surface area contributed by atoms with Crippen LogP contribution in [0.5, 0.6) is 0 Å². The van der Waals surface area contributed by atoms with Crippen molar-refractivity contribution >= 4 is 11.9 Å². The molecular formula is C14H18N2O3. The lowest BCUT2D eigenvalue weighted by Crippen LogP contribution is -2.40. The number of hydrogen-bond acceptors (Lipinski definition) is 3. The number of aliphatic carboxylic acids is 1. The van der Waals surface area contributed by atoms with E-state index >= 15 is 0 Å². The third-order valence-corrected chi connectivity index (χ3v) is 3.84. The summed E-state index contributed by atoms with van der Waals surface area (Å²) in [6, 6.07) is 3.53. The van der Waals surface area contributed by atoms with Crippen molar-refractivity contribution in [1.29, 1.82) is 0 Å². The van der Waals surface area contributed by atoms with Crippen LogP contribution in [-0.2, 0) is 4.79 Å². The fourth-order valence-corrected chi connectivity index (χ4v) is 2.57. The van der Waals surface area contributed by atoms with Crippen LogP contribution in [0, 0.1) is 5.92 Å². The summed E-state index contributed by atoms with van der Waals surface area (Å²) in [5.41, 5.74) is 0.623. The van der Waals surface area contributed by atoms with Gasteiger partial charge in [-0.1, -0.05) is 0 Å².